The number of H-pyrrole nitrogens is 1. The Morgan fingerprint density at radius 2 is 2.28 bits per heavy atom. The number of nitriles is 1. The summed E-state index contributed by atoms with van der Waals surface area (Å²) < 4.78 is 0. The van der Waals surface area contributed by atoms with E-state index in [9.17, 15) is 4.79 Å². The highest BCUT2D eigenvalue weighted by Crippen LogP contribution is 2.23. The Morgan fingerprint density at radius 1 is 1.50 bits per heavy atom. The number of hydrogen-bond donors (Lipinski definition) is 2. The molecule has 0 aliphatic rings. The summed E-state index contributed by atoms with van der Waals surface area (Å²) in [6.45, 7) is 1.88. The van der Waals surface area contributed by atoms with Gasteiger partial charge in [-0.15, -0.1) is 0 Å². The van der Waals surface area contributed by atoms with Crippen LogP contribution < -0.4 is 10.9 Å². The number of halogens is 1. The van der Waals surface area contributed by atoms with Crippen LogP contribution in [0.3, 0.4) is 0 Å². The van der Waals surface area contributed by atoms with Crippen LogP contribution in [-0.4, -0.2) is 9.97 Å². The van der Waals surface area contributed by atoms with E-state index in [1.54, 1.807) is 12.1 Å². The summed E-state index contributed by atoms with van der Waals surface area (Å²) in [7, 11) is 0. The third-order valence-electron chi connectivity index (χ3n) is 2.42. The SMILES string of the molecule is Cc1ccc(C#N)cc1Nc1nc[nH]c(=O)c1Cl. The predicted octanol–water partition coefficient (Wildman–Crippen LogP) is 2.35. The molecule has 2 N–H and O–H groups in total. The van der Waals surface area contributed by atoms with Gasteiger partial charge in [-0.2, -0.15) is 5.26 Å². The van der Waals surface area contributed by atoms with Crippen LogP contribution in [0.25, 0.3) is 0 Å². The average molecular weight is 261 g/mol. The quantitative estimate of drug-likeness (QED) is 0.868. The highest BCUT2D eigenvalue weighted by Gasteiger charge is 2.07. The van der Waals surface area contributed by atoms with Gasteiger partial charge in [-0.3, -0.25) is 4.79 Å². The van der Waals surface area contributed by atoms with E-state index in [4.69, 9.17) is 16.9 Å². The van der Waals surface area contributed by atoms with Gasteiger partial charge in [0, 0.05) is 5.69 Å². The zero-order chi connectivity index (χ0) is 13.1. The zero-order valence-corrected chi connectivity index (χ0v) is 10.2. The summed E-state index contributed by atoms with van der Waals surface area (Å²) in [5, 5.41) is 11.8. The molecule has 1 heterocycles. The van der Waals surface area contributed by atoms with Gasteiger partial charge in [0.15, 0.2) is 5.82 Å². The highest BCUT2D eigenvalue weighted by atomic mass is 35.5. The number of hydrogen-bond acceptors (Lipinski definition) is 4. The van der Waals surface area contributed by atoms with Gasteiger partial charge in [-0.25, -0.2) is 4.98 Å². The number of anilines is 2. The lowest BCUT2D eigenvalue weighted by Gasteiger charge is -2.09. The Labute approximate surface area is 108 Å². The molecule has 90 valence electrons. The third kappa shape index (κ3) is 2.34. The minimum absolute atomic E-state index is 0.0146. The van der Waals surface area contributed by atoms with Crippen molar-refractivity contribution in [2.75, 3.05) is 5.32 Å². The number of rotatable bonds is 2. The van der Waals surface area contributed by atoms with Crippen molar-refractivity contribution in [2.24, 2.45) is 0 Å². The van der Waals surface area contributed by atoms with Gasteiger partial charge >= 0.3 is 0 Å². The first-order valence-electron chi connectivity index (χ1n) is 5.13. The van der Waals surface area contributed by atoms with E-state index in [1.807, 2.05) is 19.1 Å². The summed E-state index contributed by atoms with van der Waals surface area (Å²) in [6.07, 6.45) is 1.26. The van der Waals surface area contributed by atoms with Crippen LogP contribution in [0.2, 0.25) is 5.02 Å². The molecule has 0 fully saturated rings. The van der Waals surface area contributed by atoms with Crippen molar-refractivity contribution in [3.8, 4) is 6.07 Å². The Kier molecular flexibility index (Phi) is 3.31. The van der Waals surface area contributed by atoms with Crippen molar-refractivity contribution in [1.82, 2.24) is 9.97 Å². The molecule has 0 unspecified atom stereocenters. The van der Waals surface area contributed by atoms with Crippen LogP contribution in [0.4, 0.5) is 11.5 Å². The monoisotopic (exact) mass is 260 g/mol. The van der Waals surface area contributed by atoms with Crippen molar-refractivity contribution in [2.45, 2.75) is 6.92 Å². The number of aromatic nitrogens is 2. The molecule has 0 bridgehead atoms. The van der Waals surface area contributed by atoms with Crippen LogP contribution in [0, 0.1) is 18.3 Å². The van der Waals surface area contributed by atoms with Gasteiger partial charge in [0.25, 0.3) is 5.56 Å². The van der Waals surface area contributed by atoms with E-state index >= 15 is 0 Å². The Hall–Kier alpha value is -2.32. The number of aromatic amines is 1. The first-order chi connectivity index (χ1) is 8.61. The topological polar surface area (TPSA) is 81.6 Å². The fraction of sp³-hybridized carbons (Fsp3) is 0.0833. The maximum Gasteiger partial charge on any atom is 0.271 e. The lowest BCUT2D eigenvalue weighted by Crippen LogP contribution is -2.10. The van der Waals surface area contributed by atoms with Crippen LogP contribution in [0.1, 0.15) is 11.1 Å². The number of aryl methyl sites for hydroxylation is 1. The van der Waals surface area contributed by atoms with Crippen molar-refractivity contribution in [3.05, 3.63) is 51.0 Å². The van der Waals surface area contributed by atoms with Crippen LogP contribution in [0.5, 0.6) is 0 Å². The highest BCUT2D eigenvalue weighted by molar-refractivity contribution is 6.32. The smallest absolute Gasteiger partial charge is 0.271 e. The molecule has 0 amide bonds. The molecule has 1 aromatic carbocycles. The van der Waals surface area contributed by atoms with Gasteiger partial charge in [-0.05, 0) is 24.6 Å². The molecule has 0 atom stereocenters. The average Bonchev–Trinajstić information content (AvgIpc) is 2.37. The number of nitrogens with zero attached hydrogens (tertiary/aromatic N) is 2. The van der Waals surface area contributed by atoms with Crippen LogP contribution in [-0.2, 0) is 0 Å². The molecule has 0 saturated carbocycles. The van der Waals surface area contributed by atoms with E-state index in [0.717, 1.165) is 5.56 Å². The second-order valence-electron chi connectivity index (χ2n) is 3.66. The Bertz CT molecular complexity index is 687. The zero-order valence-electron chi connectivity index (χ0n) is 9.49. The van der Waals surface area contributed by atoms with Crippen molar-refractivity contribution >= 4 is 23.1 Å². The number of nitrogens with one attached hydrogen (secondary N) is 2. The lowest BCUT2D eigenvalue weighted by molar-refractivity contribution is 1.12. The molecule has 2 aromatic rings. The minimum atomic E-state index is -0.414. The predicted molar refractivity (Wildman–Crippen MR) is 69.0 cm³/mol. The largest absolute Gasteiger partial charge is 0.339 e. The van der Waals surface area contributed by atoms with E-state index in [1.165, 1.54) is 6.33 Å². The van der Waals surface area contributed by atoms with Crippen LogP contribution in [0.15, 0.2) is 29.3 Å². The first-order valence-corrected chi connectivity index (χ1v) is 5.50. The lowest BCUT2D eigenvalue weighted by atomic mass is 10.1. The summed E-state index contributed by atoms with van der Waals surface area (Å²) in [5.41, 5.74) is 1.72. The molecule has 0 spiro atoms. The standard InChI is InChI=1S/C12H9ClN4O/c1-7-2-3-8(5-14)4-9(7)17-11-10(13)12(18)16-6-15-11/h2-4,6H,1H3,(H2,15,16,17,18). The molecular weight excluding hydrogens is 252 g/mol. The minimum Gasteiger partial charge on any atom is -0.339 e. The van der Waals surface area contributed by atoms with Crippen molar-refractivity contribution in [1.29, 1.82) is 5.26 Å². The van der Waals surface area contributed by atoms with Crippen LogP contribution >= 0.6 is 11.6 Å². The summed E-state index contributed by atoms with van der Waals surface area (Å²) in [6, 6.07) is 7.24. The molecule has 18 heavy (non-hydrogen) atoms. The Morgan fingerprint density at radius 3 is 3.00 bits per heavy atom. The fourth-order valence-electron chi connectivity index (χ4n) is 1.42. The maximum atomic E-state index is 11.3. The summed E-state index contributed by atoms with van der Waals surface area (Å²) in [4.78, 5) is 17.6. The normalized spacial score (nSPS) is 9.83. The van der Waals surface area contributed by atoms with Crippen molar-refractivity contribution in [3.63, 3.8) is 0 Å². The van der Waals surface area contributed by atoms with E-state index in [-0.39, 0.29) is 10.8 Å². The molecule has 0 radical (unpaired) electrons. The molecule has 6 heteroatoms. The molecule has 0 aliphatic heterocycles. The second kappa shape index (κ2) is 4.90. The van der Waals surface area contributed by atoms with E-state index in [2.05, 4.69) is 15.3 Å². The van der Waals surface area contributed by atoms with Crippen molar-refractivity contribution < 1.29 is 0 Å². The molecular formula is C12H9ClN4O. The summed E-state index contributed by atoms with van der Waals surface area (Å²) in [5.74, 6) is 0.263. The molecule has 0 saturated heterocycles. The molecule has 5 nitrogen and oxygen atoms in total. The molecule has 1 aromatic heterocycles. The fourth-order valence-corrected chi connectivity index (χ4v) is 1.57. The third-order valence-corrected chi connectivity index (χ3v) is 2.77. The maximum absolute atomic E-state index is 11.3. The van der Waals surface area contributed by atoms with Gasteiger partial charge in [0.05, 0.1) is 18.0 Å². The molecule has 2 rings (SSSR count). The van der Waals surface area contributed by atoms with Gasteiger partial charge < -0.3 is 10.3 Å². The molecule has 0 aliphatic carbocycles. The van der Waals surface area contributed by atoms with Gasteiger partial charge in [0.1, 0.15) is 5.02 Å². The Balaban J connectivity index is 2.43. The second-order valence-corrected chi connectivity index (χ2v) is 4.04. The van der Waals surface area contributed by atoms with Gasteiger partial charge in [-0.1, -0.05) is 17.7 Å². The first kappa shape index (κ1) is 12.1. The number of benzene rings is 1. The van der Waals surface area contributed by atoms with E-state index < -0.39 is 5.56 Å². The summed E-state index contributed by atoms with van der Waals surface area (Å²) >= 11 is 5.84. The van der Waals surface area contributed by atoms with E-state index in [0.29, 0.717) is 11.3 Å². The van der Waals surface area contributed by atoms with Gasteiger partial charge in [0.2, 0.25) is 0 Å².